The van der Waals surface area contributed by atoms with Crippen LogP contribution in [0.15, 0.2) is 42.5 Å². The van der Waals surface area contributed by atoms with Gasteiger partial charge in [-0.2, -0.15) is 0 Å². The second-order valence-corrected chi connectivity index (χ2v) is 6.47. The highest BCUT2D eigenvalue weighted by Crippen LogP contribution is 2.42. The number of anilines is 1. The van der Waals surface area contributed by atoms with Crippen LogP contribution in [0.1, 0.15) is 41.6 Å². The minimum absolute atomic E-state index is 0.0196. The van der Waals surface area contributed by atoms with Crippen molar-refractivity contribution in [3.8, 4) is 5.75 Å². The molecule has 1 aliphatic rings. The van der Waals surface area contributed by atoms with E-state index in [0.29, 0.717) is 24.1 Å². The van der Waals surface area contributed by atoms with Crippen LogP contribution in [0.25, 0.3) is 0 Å². The molecule has 0 bridgehead atoms. The fraction of sp³-hybridized carbons (Fsp3) is 0.300. The zero-order chi connectivity index (χ0) is 18.7. The molecule has 5 nitrogen and oxygen atoms in total. The zero-order valence-corrected chi connectivity index (χ0v) is 14.4. The molecule has 2 aromatic rings. The maximum atomic E-state index is 13.7. The van der Waals surface area contributed by atoms with Gasteiger partial charge in [-0.15, -0.1) is 0 Å². The van der Waals surface area contributed by atoms with Gasteiger partial charge in [0.2, 0.25) is 5.91 Å². The standard InChI is InChI=1S/C20H20FNO4/c1-26-17-12-15(7-8-16(17)18(23)24)22-19(25)20(9-2-3-10-20)13-5-4-6-14(21)11-13/h4-8,11-12H,2-3,9-10H2,1H3,(H,22,25)(H,23,24). The monoisotopic (exact) mass is 357 g/mol. The number of aromatic carboxylic acids is 1. The van der Waals surface area contributed by atoms with Crippen molar-refractivity contribution in [1.29, 1.82) is 0 Å². The first kappa shape index (κ1) is 17.9. The molecule has 0 spiro atoms. The topological polar surface area (TPSA) is 75.6 Å². The molecule has 0 heterocycles. The summed E-state index contributed by atoms with van der Waals surface area (Å²) in [5, 5.41) is 12.0. The van der Waals surface area contributed by atoms with Gasteiger partial charge in [0.1, 0.15) is 17.1 Å². The molecule has 2 N–H and O–H groups in total. The average Bonchev–Trinajstić information content (AvgIpc) is 3.12. The summed E-state index contributed by atoms with van der Waals surface area (Å²) < 4.78 is 18.8. The molecule has 0 unspecified atom stereocenters. The molecule has 1 fully saturated rings. The van der Waals surface area contributed by atoms with Crippen molar-refractivity contribution in [2.24, 2.45) is 0 Å². The van der Waals surface area contributed by atoms with E-state index in [0.717, 1.165) is 12.8 Å². The first-order chi connectivity index (χ1) is 12.5. The summed E-state index contributed by atoms with van der Waals surface area (Å²) in [7, 11) is 1.37. The van der Waals surface area contributed by atoms with Crippen molar-refractivity contribution < 1.29 is 23.8 Å². The number of methoxy groups -OCH3 is 1. The van der Waals surface area contributed by atoms with Crippen LogP contribution in [0.4, 0.5) is 10.1 Å². The average molecular weight is 357 g/mol. The Morgan fingerprint density at radius 1 is 1.15 bits per heavy atom. The molecule has 26 heavy (non-hydrogen) atoms. The van der Waals surface area contributed by atoms with Gasteiger partial charge in [0.05, 0.1) is 12.5 Å². The Bertz CT molecular complexity index is 843. The maximum Gasteiger partial charge on any atom is 0.339 e. The van der Waals surface area contributed by atoms with E-state index in [9.17, 15) is 14.0 Å². The number of hydrogen-bond acceptors (Lipinski definition) is 3. The number of amides is 1. The largest absolute Gasteiger partial charge is 0.496 e. The van der Waals surface area contributed by atoms with Gasteiger partial charge in [-0.1, -0.05) is 25.0 Å². The molecule has 0 radical (unpaired) electrons. The van der Waals surface area contributed by atoms with E-state index < -0.39 is 11.4 Å². The molecule has 0 aromatic heterocycles. The third-order valence-corrected chi connectivity index (χ3v) is 4.96. The zero-order valence-electron chi connectivity index (χ0n) is 14.4. The number of carboxylic acid groups (broad SMARTS) is 1. The summed E-state index contributed by atoms with van der Waals surface area (Å²) in [6.07, 6.45) is 3.08. The Morgan fingerprint density at radius 3 is 2.50 bits per heavy atom. The van der Waals surface area contributed by atoms with Gasteiger partial charge in [0, 0.05) is 11.8 Å². The molecule has 6 heteroatoms. The van der Waals surface area contributed by atoms with Gasteiger partial charge in [0.25, 0.3) is 0 Å². The van der Waals surface area contributed by atoms with Crippen molar-refractivity contribution >= 4 is 17.6 Å². The molecule has 0 aliphatic heterocycles. The second kappa shape index (κ2) is 7.15. The molecule has 1 aliphatic carbocycles. The van der Waals surface area contributed by atoms with E-state index in [4.69, 9.17) is 9.84 Å². The van der Waals surface area contributed by atoms with Crippen LogP contribution in [0.5, 0.6) is 5.75 Å². The van der Waals surface area contributed by atoms with Crippen LogP contribution < -0.4 is 10.1 Å². The van der Waals surface area contributed by atoms with E-state index in [2.05, 4.69) is 5.32 Å². The molecule has 1 saturated carbocycles. The molecule has 2 aromatic carbocycles. The van der Waals surface area contributed by atoms with Crippen LogP contribution >= 0.6 is 0 Å². The SMILES string of the molecule is COc1cc(NC(=O)C2(c3cccc(F)c3)CCCC2)ccc1C(=O)O. The summed E-state index contributed by atoms with van der Waals surface area (Å²) in [6, 6.07) is 10.6. The van der Waals surface area contributed by atoms with Gasteiger partial charge in [-0.3, -0.25) is 4.79 Å². The quantitative estimate of drug-likeness (QED) is 0.849. The number of rotatable bonds is 5. The normalized spacial score (nSPS) is 15.5. The van der Waals surface area contributed by atoms with Crippen molar-refractivity contribution in [3.63, 3.8) is 0 Å². The van der Waals surface area contributed by atoms with Gasteiger partial charge in [-0.25, -0.2) is 9.18 Å². The summed E-state index contributed by atoms with van der Waals surface area (Å²) in [5.41, 5.74) is 0.355. The molecule has 136 valence electrons. The van der Waals surface area contributed by atoms with Gasteiger partial charge in [0.15, 0.2) is 0 Å². The lowest BCUT2D eigenvalue weighted by Crippen LogP contribution is -2.38. The van der Waals surface area contributed by atoms with Crippen LogP contribution in [0, 0.1) is 5.82 Å². The summed E-state index contributed by atoms with van der Waals surface area (Å²) in [5.74, 6) is -1.52. The number of halogens is 1. The Balaban J connectivity index is 1.91. The van der Waals surface area contributed by atoms with Crippen molar-refractivity contribution in [3.05, 3.63) is 59.4 Å². The van der Waals surface area contributed by atoms with Crippen molar-refractivity contribution in [2.45, 2.75) is 31.1 Å². The van der Waals surface area contributed by atoms with Crippen molar-refractivity contribution in [2.75, 3.05) is 12.4 Å². The highest BCUT2D eigenvalue weighted by molar-refractivity contribution is 6.00. The lowest BCUT2D eigenvalue weighted by Gasteiger charge is -2.28. The number of carbonyl (C=O) groups excluding carboxylic acids is 1. The van der Waals surface area contributed by atoms with Gasteiger partial charge in [-0.05, 0) is 42.7 Å². The van der Waals surface area contributed by atoms with Crippen molar-refractivity contribution in [1.82, 2.24) is 0 Å². The molecule has 3 rings (SSSR count). The van der Waals surface area contributed by atoms with E-state index in [1.54, 1.807) is 12.1 Å². The Morgan fingerprint density at radius 2 is 1.88 bits per heavy atom. The fourth-order valence-corrected chi connectivity index (χ4v) is 3.61. The Labute approximate surface area is 150 Å². The highest BCUT2D eigenvalue weighted by Gasteiger charge is 2.42. The molecule has 0 atom stereocenters. The Kier molecular flexibility index (Phi) is 4.93. The van der Waals surface area contributed by atoms with Gasteiger partial charge >= 0.3 is 5.97 Å². The smallest absolute Gasteiger partial charge is 0.339 e. The third-order valence-electron chi connectivity index (χ3n) is 4.96. The second-order valence-electron chi connectivity index (χ2n) is 6.47. The maximum absolute atomic E-state index is 13.7. The molecular formula is C20H20FNO4. The van der Waals surface area contributed by atoms with Crippen LogP contribution in [-0.2, 0) is 10.2 Å². The van der Waals surface area contributed by atoms with Crippen LogP contribution in [0.3, 0.4) is 0 Å². The predicted molar refractivity (Wildman–Crippen MR) is 95.1 cm³/mol. The number of carboxylic acids is 1. The number of carbonyl (C=O) groups is 2. The van der Waals surface area contributed by atoms with E-state index in [1.165, 1.54) is 37.4 Å². The minimum Gasteiger partial charge on any atom is -0.496 e. The number of nitrogens with one attached hydrogen (secondary N) is 1. The van der Waals surface area contributed by atoms with E-state index >= 15 is 0 Å². The Hall–Kier alpha value is -2.89. The summed E-state index contributed by atoms with van der Waals surface area (Å²) >= 11 is 0. The first-order valence-corrected chi connectivity index (χ1v) is 8.45. The predicted octanol–water partition coefficient (Wildman–Crippen LogP) is 3.98. The minimum atomic E-state index is -1.10. The number of ether oxygens (including phenoxy) is 1. The molecular weight excluding hydrogens is 337 g/mol. The first-order valence-electron chi connectivity index (χ1n) is 8.45. The van der Waals surface area contributed by atoms with E-state index in [-0.39, 0.29) is 23.0 Å². The van der Waals surface area contributed by atoms with Crippen LogP contribution in [0.2, 0.25) is 0 Å². The number of benzene rings is 2. The highest BCUT2D eigenvalue weighted by atomic mass is 19.1. The number of hydrogen-bond donors (Lipinski definition) is 2. The van der Waals surface area contributed by atoms with Crippen LogP contribution in [-0.4, -0.2) is 24.1 Å². The summed E-state index contributed by atoms with van der Waals surface area (Å²) in [4.78, 5) is 24.3. The molecule has 0 saturated heterocycles. The lowest BCUT2D eigenvalue weighted by atomic mass is 9.78. The van der Waals surface area contributed by atoms with Gasteiger partial charge < -0.3 is 15.2 Å². The molecule has 1 amide bonds. The van der Waals surface area contributed by atoms with E-state index in [1.807, 2.05) is 0 Å². The lowest BCUT2D eigenvalue weighted by molar-refractivity contribution is -0.121. The fourth-order valence-electron chi connectivity index (χ4n) is 3.61. The summed E-state index contributed by atoms with van der Waals surface area (Å²) in [6.45, 7) is 0. The third kappa shape index (κ3) is 3.27.